The Balaban J connectivity index is 1.34. The number of carbonyl (C=O) groups excluding carboxylic acids is 2. The molecule has 0 saturated carbocycles. The number of piperazine rings is 1. The molecule has 2 aromatic rings. The van der Waals surface area contributed by atoms with Crippen LogP contribution >= 0.6 is 15.9 Å². The first-order valence-electron chi connectivity index (χ1n) is 14.1. The lowest BCUT2D eigenvalue weighted by Crippen LogP contribution is -2.63. The SMILES string of the molecule is CCCC(=O)N1CCN(C2CN(CC[C@H](CN(C)C(=O)c3cc(Br)cc(C(F)(F)F)c3)c3ccc(F)cc3)C2)CC1. The van der Waals surface area contributed by atoms with Gasteiger partial charge in [0, 0.05) is 81.3 Å². The van der Waals surface area contributed by atoms with Gasteiger partial charge in [-0.05, 0) is 55.3 Å². The molecule has 2 amide bonds. The van der Waals surface area contributed by atoms with E-state index in [0.29, 0.717) is 18.9 Å². The predicted molar refractivity (Wildman–Crippen MR) is 153 cm³/mol. The van der Waals surface area contributed by atoms with Crippen LogP contribution in [-0.2, 0) is 11.0 Å². The summed E-state index contributed by atoms with van der Waals surface area (Å²) >= 11 is 3.09. The molecular formula is C30H37BrF4N4O2. The highest BCUT2D eigenvalue weighted by Crippen LogP contribution is 2.33. The number of benzene rings is 2. The minimum absolute atomic E-state index is 0.0471. The van der Waals surface area contributed by atoms with Gasteiger partial charge in [-0.25, -0.2) is 4.39 Å². The minimum Gasteiger partial charge on any atom is -0.341 e. The summed E-state index contributed by atoms with van der Waals surface area (Å²) < 4.78 is 53.8. The van der Waals surface area contributed by atoms with E-state index in [1.54, 1.807) is 19.2 Å². The van der Waals surface area contributed by atoms with E-state index in [9.17, 15) is 27.2 Å². The Hall–Kier alpha value is -2.50. The van der Waals surface area contributed by atoms with Crippen molar-refractivity contribution < 1.29 is 27.2 Å². The number of carbonyl (C=O) groups is 2. The summed E-state index contributed by atoms with van der Waals surface area (Å²) in [6.07, 6.45) is -2.39. The number of hydrogen-bond acceptors (Lipinski definition) is 4. The van der Waals surface area contributed by atoms with Gasteiger partial charge in [0.25, 0.3) is 5.91 Å². The number of rotatable bonds is 10. The fourth-order valence-corrected chi connectivity index (χ4v) is 6.11. The van der Waals surface area contributed by atoms with Gasteiger partial charge in [0.2, 0.25) is 5.91 Å². The molecule has 2 aromatic carbocycles. The van der Waals surface area contributed by atoms with Crippen molar-refractivity contribution in [2.24, 2.45) is 0 Å². The maximum atomic E-state index is 13.6. The topological polar surface area (TPSA) is 47.1 Å². The van der Waals surface area contributed by atoms with Crippen LogP contribution in [0.3, 0.4) is 0 Å². The molecular weight excluding hydrogens is 604 g/mol. The Bertz CT molecular complexity index is 1200. The molecule has 0 spiro atoms. The van der Waals surface area contributed by atoms with Crippen molar-refractivity contribution >= 4 is 27.7 Å². The number of hydrogen-bond donors (Lipinski definition) is 0. The Morgan fingerprint density at radius 3 is 2.32 bits per heavy atom. The molecule has 2 fully saturated rings. The second kappa shape index (κ2) is 13.6. The highest BCUT2D eigenvalue weighted by atomic mass is 79.9. The van der Waals surface area contributed by atoms with Crippen molar-refractivity contribution in [1.82, 2.24) is 19.6 Å². The van der Waals surface area contributed by atoms with Gasteiger partial charge in [-0.1, -0.05) is 35.0 Å². The first-order valence-corrected chi connectivity index (χ1v) is 14.9. The maximum absolute atomic E-state index is 13.6. The van der Waals surface area contributed by atoms with Gasteiger partial charge >= 0.3 is 6.18 Å². The van der Waals surface area contributed by atoms with Crippen LogP contribution in [-0.4, -0.2) is 96.9 Å². The molecule has 224 valence electrons. The molecule has 4 rings (SSSR count). The summed E-state index contributed by atoms with van der Waals surface area (Å²) in [5.74, 6) is -0.748. The quantitative estimate of drug-likeness (QED) is 0.323. The normalized spacial score (nSPS) is 17.8. The second-order valence-corrected chi connectivity index (χ2v) is 11.9. The standard InChI is InChI=1S/C30H37BrF4N4O2/c1-3-4-28(40)39-13-11-38(12-14-39)27-19-37(20-27)10-9-22(21-5-7-26(32)8-6-21)18-36(2)29(41)23-15-24(30(33,34)35)17-25(31)16-23/h5-8,15-17,22,27H,3-4,9-14,18-20H2,1-2H3/t22-/m1/s1. The lowest BCUT2D eigenvalue weighted by molar-refractivity contribution is -0.137. The fraction of sp³-hybridized carbons (Fsp3) is 0.533. The molecule has 0 aromatic heterocycles. The van der Waals surface area contributed by atoms with E-state index in [1.807, 2.05) is 11.8 Å². The Morgan fingerprint density at radius 1 is 1.05 bits per heavy atom. The molecule has 2 aliphatic heterocycles. The first kappa shape index (κ1) is 31.4. The van der Waals surface area contributed by atoms with E-state index in [4.69, 9.17) is 0 Å². The summed E-state index contributed by atoms with van der Waals surface area (Å²) in [5.41, 5.74) is -0.0598. The predicted octanol–water partition coefficient (Wildman–Crippen LogP) is 5.48. The fourth-order valence-electron chi connectivity index (χ4n) is 5.61. The van der Waals surface area contributed by atoms with Gasteiger partial charge in [-0.3, -0.25) is 14.5 Å². The lowest BCUT2D eigenvalue weighted by Gasteiger charge is -2.48. The number of halogens is 5. The van der Waals surface area contributed by atoms with E-state index < -0.39 is 17.6 Å². The number of alkyl halides is 3. The Labute approximate surface area is 247 Å². The van der Waals surface area contributed by atoms with Crippen LogP contribution in [0, 0.1) is 5.82 Å². The van der Waals surface area contributed by atoms with Crippen LogP contribution in [0.25, 0.3) is 0 Å². The molecule has 6 nitrogen and oxygen atoms in total. The molecule has 0 unspecified atom stereocenters. The Kier molecular flexibility index (Phi) is 10.5. The van der Waals surface area contributed by atoms with E-state index in [-0.39, 0.29) is 34.2 Å². The van der Waals surface area contributed by atoms with E-state index in [2.05, 4.69) is 25.7 Å². The van der Waals surface area contributed by atoms with Gasteiger partial charge < -0.3 is 14.7 Å². The van der Waals surface area contributed by atoms with Crippen molar-refractivity contribution in [1.29, 1.82) is 0 Å². The second-order valence-electron chi connectivity index (χ2n) is 11.0. The summed E-state index contributed by atoms with van der Waals surface area (Å²) in [6, 6.07) is 9.85. The van der Waals surface area contributed by atoms with Gasteiger partial charge in [-0.2, -0.15) is 13.2 Å². The van der Waals surface area contributed by atoms with Crippen molar-refractivity contribution in [3.05, 3.63) is 69.4 Å². The summed E-state index contributed by atoms with van der Waals surface area (Å²) in [7, 11) is 1.58. The zero-order chi connectivity index (χ0) is 29.7. The van der Waals surface area contributed by atoms with Crippen LogP contribution in [0.15, 0.2) is 46.9 Å². The maximum Gasteiger partial charge on any atom is 0.416 e. The number of likely N-dealkylation sites (tertiary alicyclic amines) is 1. The summed E-state index contributed by atoms with van der Waals surface area (Å²) in [4.78, 5) is 33.5. The van der Waals surface area contributed by atoms with Gasteiger partial charge in [0.05, 0.1) is 5.56 Å². The van der Waals surface area contributed by atoms with E-state index >= 15 is 0 Å². The van der Waals surface area contributed by atoms with Gasteiger partial charge in [0.1, 0.15) is 5.82 Å². The molecule has 0 N–H and O–H groups in total. The number of amides is 2. The molecule has 2 saturated heterocycles. The zero-order valence-electron chi connectivity index (χ0n) is 23.5. The lowest BCUT2D eigenvalue weighted by atomic mass is 9.93. The Morgan fingerprint density at radius 2 is 1.71 bits per heavy atom. The molecule has 0 aliphatic carbocycles. The third-order valence-corrected chi connectivity index (χ3v) is 8.49. The van der Waals surface area contributed by atoms with Crippen LogP contribution in [0.1, 0.15) is 53.6 Å². The third-order valence-electron chi connectivity index (χ3n) is 8.03. The zero-order valence-corrected chi connectivity index (χ0v) is 25.1. The monoisotopic (exact) mass is 640 g/mol. The van der Waals surface area contributed by atoms with E-state index in [1.165, 1.54) is 23.1 Å². The first-order chi connectivity index (χ1) is 19.4. The highest BCUT2D eigenvalue weighted by molar-refractivity contribution is 9.10. The molecule has 2 aliphatic rings. The molecule has 0 bridgehead atoms. The van der Waals surface area contributed by atoms with Crippen molar-refractivity contribution in [3.8, 4) is 0 Å². The summed E-state index contributed by atoms with van der Waals surface area (Å²) in [5, 5.41) is 0. The molecule has 0 radical (unpaired) electrons. The van der Waals surface area contributed by atoms with Crippen LogP contribution in [0.2, 0.25) is 0 Å². The van der Waals surface area contributed by atoms with Crippen LogP contribution in [0.4, 0.5) is 17.6 Å². The van der Waals surface area contributed by atoms with Gasteiger partial charge in [0.15, 0.2) is 0 Å². The van der Waals surface area contributed by atoms with E-state index in [0.717, 1.165) is 69.9 Å². The molecule has 1 atom stereocenters. The minimum atomic E-state index is -4.57. The molecule has 2 heterocycles. The van der Waals surface area contributed by atoms with Crippen molar-refractivity contribution in [2.45, 2.75) is 44.3 Å². The average molecular weight is 642 g/mol. The number of nitrogens with zero attached hydrogens (tertiary/aromatic N) is 4. The largest absolute Gasteiger partial charge is 0.416 e. The van der Waals surface area contributed by atoms with Crippen molar-refractivity contribution in [2.75, 3.05) is 59.4 Å². The highest BCUT2D eigenvalue weighted by Gasteiger charge is 2.35. The number of likely N-dealkylation sites (N-methyl/N-ethyl adjacent to an activating group) is 1. The average Bonchev–Trinajstić information content (AvgIpc) is 2.91. The van der Waals surface area contributed by atoms with Crippen LogP contribution < -0.4 is 0 Å². The molecule has 41 heavy (non-hydrogen) atoms. The third kappa shape index (κ3) is 8.29. The summed E-state index contributed by atoms with van der Waals surface area (Å²) in [6.45, 7) is 8.22. The molecule has 11 heteroatoms. The van der Waals surface area contributed by atoms with Gasteiger partial charge in [-0.15, -0.1) is 0 Å². The van der Waals surface area contributed by atoms with Crippen molar-refractivity contribution in [3.63, 3.8) is 0 Å². The van der Waals surface area contributed by atoms with Crippen LogP contribution in [0.5, 0.6) is 0 Å². The smallest absolute Gasteiger partial charge is 0.341 e.